The highest BCUT2D eigenvalue weighted by Crippen LogP contribution is 2.25. The second kappa shape index (κ2) is 5.05. The van der Waals surface area contributed by atoms with Gasteiger partial charge < -0.3 is 11.5 Å². The molecule has 3 aromatic rings. The van der Waals surface area contributed by atoms with E-state index in [0.29, 0.717) is 0 Å². The fraction of sp³-hybridized carbons (Fsp3) is 0. The van der Waals surface area contributed by atoms with Crippen LogP contribution < -0.4 is 11.5 Å². The molecule has 3 nitrogen and oxygen atoms in total. The summed E-state index contributed by atoms with van der Waals surface area (Å²) in [5.74, 6) is 0. The molecule has 0 saturated heterocycles. The lowest BCUT2D eigenvalue weighted by Crippen LogP contribution is -1.88. The van der Waals surface area contributed by atoms with Gasteiger partial charge in [-0.2, -0.15) is 0 Å². The maximum absolute atomic E-state index is 5.72. The Bertz CT molecular complexity index is 655. The number of aromatic nitrogens is 1. The van der Waals surface area contributed by atoms with Gasteiger partial charge in [-0.1, -0.05) is 24.3 Å². The van der Waals surface area contributed by atoms with E-state index in [0.717, 1.165) is 33.8 Å². The van der Waals surface area contributed by atoms with E-state index in [1.54, 1.807) is 0 Å². The Kier molecular flexibility index (Phi) is 3.09. The van der Waals surface area contributed by atoms with Crippen molar-refractivity contribution in [3.05, 3.63) is 66.9 Å². The maximum Gasteiger partial charge on any atom is 0.0708 e. The van der Waals surface area contributed by atoms with E-state index < -0.39 is 0 Å². The Balaban J connectivity index is 2.01. The van der Waals surface area contributed by atoms with Crippen LogP contribution in [0, 0.1) is 0 Å². The highest BCUT2D eigenvalue weighted by Gasteiger charge is 2.03. The first-order valence-corrected chi connectivity index (χ1v) is 6.40. The van der Waals surface area contributed by atoms with E-state index in [4.69, 9.17) is 11.5 Å². The molecule has 0 aliphatic heterocycles. The molecule has 0 saturated carbocycles. The fourth-order valence-electron chi connectivity index (χ4n) is 2.10. The summed E-state index contributed by atoms with van der Waals surface area (Å²) in [5.41, 5.74) is 17.2. The van der Waals surface area contributed by atoms with Gasteiger partial charge in [-0.3, -0.25) is 4.98 Å². The van der Waals surface area contributed by atoms with Crippen molar-refractivity contribution < 1.29 is 0 Å². The number of pyridine rings is 1. The molecule has 0 amide bonds. The van der Waals surface area contributed by atoms with Crippen LogP contribution in [0.4, 0.5) is 11.4 Å². The molecule has 0 atom stereocenters. The minimum absolute atomic E-state index is 0.753. The van der Waals surface area contributed by atoms with Crippen molar-refractivity contribution in [1.82, 2.24) is 4.98 Å². The predicted molar refractivity (Wildman–Crippen MR) is 83.9 cm³/mol. The second-order valence-electron chi connectivity index (χ2n) is 4.67. The topological polar surface area (TPSA) is 64.9 Å². The molecule has 0 aliphatic rings. The normalized spacial score (nSPS) is 10.4. The van der Waals surface area contributed by atoms with Crippen molar-refractivity contribution in [2.24, 2.45) is 0 Å². The molecular formula is C17H15N3. The van der Waals surface area contributed by atoms with Crippen molar-refractivity contribution in [2.45, 2.75) is 0 Å². The lowest BCUT2D eigenvalue weighted by molar-refractivity contribution is 1.33. The lowest BCUT2D eigenvalue weighted by Gasteiger charge is -2.06. The van der Waals surface area contributed by atoms with E-state index >= 15 is 0 Å². The average Bonchev–Trinajstić information content (AvgIpc) is 2.49. The molecule has 3 heteroatoms. The molecule has 1 heterocycles. The highest BCUT2D eigenvalue weighted by molar-refractivity contribution is 5.71. The van der Waals surface area contributed by atoms with Gasteiger partial charge in [-0.15, -0.1) is 0 Å². The number of hydrogen-bond donors (Lipinski definition) is 2. The van der Waals surface area contributed by atoms with E-state index in [-0.39, 0.29) is 0 Å². The van der Waals surface area contributed by atoms with Gasteiger partial charge in [0.05, 0.1) is 5.69 Å². The van der Waals surface area contributed by atoms with Gasteiger partial charge >= 0.3 is 0 Å². The Hall–Kier alpha value is -2.81. The second-order valence-corrected chi connectivity index (χ2v) is 4.67. The largest absolute Gasteiger partial charge is 0.399 e. The van der Waals surface area contributed by atoms with Gasteiger partial charge in [0.15, 0.2) is 0 Å². The van der Waals surface area contributed by atoms with Crippen LogP contribution in [-0.4, -0.2) is 4.98 Å². The van der Waals surface area contributed by atoms with E-state index in [9.17, 15) is 0 Å². The van der Waals surface area contributed by atoms with Crippen LogP contribution in [0.1, 0.15) is 0 Å². The average molecular weight is 261 g/mol. The van der Waals surface area contributed by atoms with Crippen molar-refractivity contribution in [3.63, 3.8) is 0 Å². The molecule has 2 aromatic carbocycles. The molecule has 3 rings (SSSR count). The number of hydrogen-bond acceptors (Lipinski definition) is 3. The monoisotopic (exact) mass is 261 g/mol. The molecule has 4 N–H and O–H groups in total. The minimum atomic E-state index is 0.753. The third-order valence-electron chi connectivity index (χ3n) is 3.21. The van der Waals surface area contributed by atoms with Gasteiger partial charge in [-0.05, 0) is 47.5 Å². The summed E-state index contributed by atoms with van der Waals surface area (Å²) in [4.78, 5) is 4.42. The quantitative estimate of drug-likeness (QED) is 0.693. The lowest BCUT2D eigenvalue weighted by atomic mass is 10.0. The number of benzene rings is 2. The molecule has 0 fully saturated rings. The van der Waals surface area contributed by atoms with Crippen LogP contribution in [0.5, 0.6) is 0 Å². The SMILES string of the molecule is Nc1ccc(-c2ccnc(-c3ccc(N)cc3)c2)cc1. The zero-order chi connectivity index (χ0) is 13.9. The van der Waals surface area contributed by atoms with Crippen molar-refractivity contribution in [3.8, 4) is 22.4 Å². The zero-order valence-electron chi connectivity index (χ0n) is 11.0. The molecule has 1 aromatic heterocycles. The summed E-state index contributed by atoms with van der Waals surface area (Å²) in [6.07, 6.45) is 1.82. The molecule has 0 aliphatic carbocycles. The third kappa shape index (κ3) is 2.47. The van der Waals surface area contributed by atoms with Crippen molar-refractivity contribution in [2.75, 3.05) is 11.5 Å². The Labute approximate surface area is 117 Å². The number of nitrogen functional groups attached to an aromatic ring is 2. The van der Waals surface area contributed by atoms with Crippen molar-refractivity contribution >= 4 is 11.4 Å². The van der Waals surface area contributed by atoms with Crippen LogP contribution in [-0.2, 0) is 0 Å². The molecule has 0 unspecified atom stereocenters. The number of rotatable bonds is 2. The smallest absolute Gasteiger partial charge is 0.0708 e. The van der Waals surface area contributed by atoms with Crippen LogP contribution in [0.15, 0.2) is 66.9 Å². The maximum atomic E-state index is 5.72. The Morgan fingerprint density at radius 3 is 1.75 bits per heavy atom. The summed E-state index contributed by atoms with van der Waals surface area (Å²) in [6.45, 7) is 0. The Morgan fingerprint density at radius 2 is 1.15 bits per heavy atom. The number of nitrogens with zero attached hydrogens (tertiary/aromatic N) is 1. The standard InChI is InChI=1S/C17H15N3/c18-15-5-1-12(2-6-15)14-9-10-20-17(11-14)13-3-7-16(19)8-4-13/h1-11H,18-19H2. The third-order valence-corrected chi connectivity index (χ3v) is 3.21. The van der Waals surface area contributed by atoms with E-state index in [1.165, 1.54) is 0 Å². The summed E-state index contributed by atoms with van der Waals surface area (Å²) in [7, 11) is 0. The Morgan fingerprint density at radius 1 is 0.600 bits per heavy atom. The van der Waals surface area contributed by atoms with Gasteiger partial charge in [0, 0.05) is 23.1 Å². The van der Waals surface area contributed by atoms with Gasteiger partial charge in [0.2, 0.25) is 0 Å². The number of nitrogens with two attached hydrogens (primary N) is 2. The highest BCUT2D eigenvalue weighted by atomic mass is 14.7. The summed E-state index contributed by atoms with van der Waals surface area (Å²) in [5, 5.41) is 0. The van der Waals surface area contributed by atoms with Crippen LogP contribution >= 0.6 is 0 Å². The molecular weight excluding hydrogens is 246 g/mol. The van der Waals surface area contributed by atoms with E-state index in [2.05, 4.69) is 11.1 Å². The van der Waals surface area contributed by atoms with Crippen LogP contribution in [0.3, 0.4) is 0 Å². The summed E-state index contributed by atoms with van der Waals surface area (Å²) >= 11 is 0. The minimum Gasteiger partial charge on any atom is -0.399 e. The van der Waals surface area contributed by atoms with Gasteiger partial charge in [0.1, 0.15) is 0 Å². The zero-order valence-corrected chi connectivity index (χ0v) is 11.0. The molecule has 98 valence electrons. The van der Waals surface area contributed by atoms with E-state index in [1.807, 2.05) is 60.8 Å². The first-order valence-electron chi connectivity index (χ1n) is 6.40. The van der Waals surface area contributed by atoms with Crippen LogP contribution in [0.2, 0.25) is 0 Å². The predicted octanol–water partition coefficient (Wildman–Crippen LogP) is 3.58. The molecule has 0 spiro atoms. The summed E-state index contributed by atoms with van der Waals surface area (Å²) < 4.78 is 0. The summed E-state index contributed by atoms with van der Waals surface area (Å²) in [6, 6.07) is 19.6. The van der Waals surface area contributed by atoms with Crippen molar-refractivity contribution in [1.29, 1.82) is 0 Å². The van der Waals surface area contributed by atoms with Gasteiger partial charge in [-0.25, -0.2) is 0 Å². The van der Waals surface area contributed by atoms with Crippen LogP contribution in [0.25, 0.3) is 22.4 Å². The fourth-order valence-corrected chi connectivity index (χ4v) is 2.10. The van der Waals surface area contributed by atoms with Gasteiger partial charge in [0.25, 0.3) is 0 Å². The first-order chi connectivity index (χ1) is 9.72. The number of anilines is 2. The first kappa shape index (κ1) is 12.2. The molecule has 0 bridgehead atoms. The molecule has 20 heavy (non-hydrogen) atoms. The molecule has 0 radical (unpaired) electrons.